The molecule has 6 heteroatoms. The van der Waals surface area contributed by atoms with Gasteiger partial charge in [-0.3, -0.25) is 9.59 Å². The maximum atomic E-state index is 13.1. The Kier molecular flexibility index (Phi) is 8.64. The minimum atomic E-state index is -0.509. The highest BCUT2D eigenvalue weighted by Crippen LogP contribution is 2.20. The Morgan fingerprint density at radius 1 is 1.10 bits per heavy atom. The molecule has 0 spiro atoms. The molecule has 0 heterocycles. The molecule has 1 aliphatic carbocycles. The zero-order valence-electron chi connectivity index (χ0n) is 17.4. The van der Waals surface area contributed by atoms with Gasteiger partial charge in [-0.05, 0) is 43.0 Å². The van der Waals surface area contributed by atoms with Gasteiger partial charge in [-0.25, -0.2) is 0 Å². The standard InChI is InChI=1S/C24H29ClN2O2S/c1-18(24(29)26-22-12-5-6-13-22)27(15-19-8-3-2-4-9-19)23(28)17-30-16-20-10-7-11-21(25)14-20/h2-4,7-11,14,18,22H,5-6,12-13,15-17H2,1H3,(H,26,29)/t18-/m1/s1. The van der Waals surface area contributed by atoms with Crippen LogP contribution in [0.4, 0.5) is 0 Å². The molecule has 1 atom stereocenters. The van der Waals surface area contributed by atoms with Crippen LogP contribution in [0.25, 0.3) is 0 Å². The van der Waals surface area contributed by atoms with Crippen molar-refractivity contribution in [3.63, 3.8) is 0 Å². The minimum Gasteiger partial charge on any atom is -0.352 e. The summed E-state index contributed by atoms with van der Waals surface area (Å²) in [6.07, 6.45) is 4.37. The average molecular weight is 445 g/mol. The number of halogens is 1. The van der Waals surface area contributed by atoms with Crippen LogP contribution in [0.2, 0.25) is 5.02 Å². The normalized spacial score (nSPS) is 15.0. The second-order valence-electron chi connectivity index (χ2n) is 7.80. The van der Waals surface area contributed by atoms with E-state index in [9.17, 15) is 9.59 Å². The van der Waals surface area contributed by atoms with Gasteiger partial charge in [-0.1, -0.05) is 66.9 Å². The van der Waals surface area contributed by atoms with Gasteiger partial charge in [0, 0.05) is 23.4 Å². The maximum Gasteiger partial charge on any atom is 0.242 e. The summed E-state index contributed by atoms with van der Waals surface area (Å²) in [5.41, 5.74) is 2.10. The highest BCUT2D eigenvalue weighted by molar-refractivity contribution is 7.99. The zero-order valence-corrected chi connectivity index (χ0v) is 18.9. The third-order valence-electron chi connectivity index (χ3n) is 5.45. The number of hydrogen-bond acceptors (Lipinski definition) is 3. The minimum absolute atomic E-state index is 0.0278. The van der Waals surface area contributed by atoms with E-state index in [1.165, 1.54) is 0 Å². The van der Waals surface area contributed by atoms with Gasteiger partial charge in [0.15, 0.2) is 0 Å². The molecular formula is C24H29ClN2O2S. The fourth-order valence-electron chi connectivity index (χ4n) is 3.72. The molecule has 0 bridgehead atoms. The lowest BCUT2D eigenvalue weighted by Crippen LogP contribution is -2.50. The van der Waals surface area contributed by atoms with Crippen molar-refractivity contribution in [2.75, 3.05) is 5.75 Å². The number of hydrogen-bond donors (Lipinski definition) is 1. The summed E-state index contributed by atoms with van der Waals surface area (Å²) < 4.78 is 0. The molecule has 0 unspecified atom stereocenters. The van der Waals surface area contributed by atoms with Gasteiger partial charge < -0.3 is 10.2 Å². The van der Waals surface area contributed by atoms with Crippen molar-refractivity contribution < 1.29 is 9.59 Å². The molecule has 4 nitrogen and oxygen atoms in total. The predicted octanol–water partition coefficient (Wildman–Crippen LogP) is 5.05. The van der Waals surface area contributed by atoms with E-state index in [0.29, 0.717) is 23.1 Å². The highest BCUT2D eigenvalue weighted by Gasteiger charge is 2.28. The van der Waals surface area contributed by atoms with Gasteiger partial charge in [-0.2, -0.15) is 0 Å². The van der Waals surface area contributed by atoms with Crippen molar-refractivity contribution >= 4 is 35.2 Å². The summed E-state index contributed by atoms with van der Waals surface area (Å²) in [7, 11) is 0. The number of rotatable bonds is 9. The SMILES string of the molecule is C[C@H](C(=O)NC1CCCC1)N(Cc1ccccc1)C(=O)CSCc1cccc(Cl)c1. The molecule has 2 aromatic rings. The van der Waals surface area contributed by atoms with E-state index in [1.807, 2.05) is 61.5 Å². The largest absolute Gasteiger partial charge is 0.352 e. The molecular weight excluding hydrogens is 416 g/mol. The van der Waals surface area contributed by atoms with Crippen molar-refractivity contribution in [2.45, 2.75) is 57.0 Å². The molecule has 1 aliphatic rings. The first-order valence-corrected chi connectivity index (χ1v) is 12.0. The number of nitrogens with one attached hydrogen (secondary N) is 1. The monoisotopic (exact) mass is 444 g/mol. The Balaban J connectivity index is 1.63. The van der Waals surface area contributed by atoms with Crippen LogP contribution in [0.5, 0.6) is 0 Å². The van der Waals surface area contributed by atoms with Crippen LogP contribution in [0.3, 0.4) is 0 Å². The second-order valence-corrected chi connectivity index (χ2v) is 9.22. The number of amides is 2. The van der Waals surface area contributed by atoms with E-state index in [1.54, 1.807) is 16.7 Å². The number of carbonyl (C=O) groups is 2. The van der Waals surface area contributed by atoms with E-state index in [-0.39, 0.29) is 17.9 Å². The molecule has 3 rings (SSSR count). The highest BCUT2D eigenvalue weighted by atomic mass is 35.5. The van der Waals surface area contributed by atoms with E-state index in [0.717, 1.165) is 36.8 Å². The summed E-state index contributed by atoms with van der Waals surface area (Å²) in [6, 6.07) is 17.2. The molecule has 0 aliphatic heterocycles. The van der Waals surface area contributed by atoms with Crippen molar-refractivity contribution in [3.8, 4) is 0 Å². The Labute approximate surface area is 188 Å². The van der Waals surface area contributed by atoms with Crippen LogP contribution in [-0.4, -0.2) is 34.6 Å². The van der Waals surface area contributed by atoms with Gasteiger partial charge in [-0.15, -0.1) is 11.8 Å². The van der Waals surface area contributed by atoms with E-state index < -0.39 is 6.04 Å². The van der Waals surface area contributed by atoms with Crippen LogP contribution in [0.15, 0.2) is 54.6 Å². The van der Waals surface area contributed by atoms with Gasteiger partial charge in [0.1, 0.15) is 6.04 Å². The van der Waals surface area contributed by atoms with Crippen LogP contribution in [0, 0.1) is 0 Å². The van der Waals surface area contributed by atoms with Crippen molar-refractivity contribution in [1.29, 1.82) is 0 Å². The molecule has 0 saturated heterocycles. The Morgan fingerprint density at radius 2 is 1.80 bits per heavy atom. The molecule has 2 amide bonds. The molecule has 1 saturated carbocycles. The number of benzene rings is 2. The van der Waals surface area contributed by atoms with Gasteiger partial charge in [0.2, 0.25) is 11.8 Å². The average Bonchev–Trinajstić information content (AvgIpc) is 3.25. The third kappa shape index (κ3) is 6.78. The van der Waals surface area contributed by atoms with Crippen LogP contribution >= 0.6 is 23.4 Å². The molecule has 30 heavy (non-hydrogen) atoms. The lowest BCUT2D eigenvalue weighted by Gasteiger charge is -2.29. The van der Waals surface area contributed by atoms with E-state index >= 15 is 0 Å². The van der Waals surface area contributed by atoms with Gasteiger partial charge in [0.05, 0.1) is 5.75 Å². The fraction of sp³-hybridized carbons (Fsp3) is 0.417. The Hall–Kier alpha value is -1.98. The Bertz CT molecular complexity index is 840. The Morgan fingerprint density at radius 3 is 2.50 bits per heavy atom. The molecule has 1 N–H and O–H groups in total. The van der Waals surface area contributed by atoms with Crippen LogP contribution in [-0.2, 0) is 21.9 Å². The quantitative estimate of drug-likeness (QED) is 0.588. The summed E-state index contributed by atoms with van der Waals surface area (Å²) >= 11 is 7.59. The topological polar surface area (TPSA) is 49.4 Å². The first-order chi connectivity index (χ1) is 14.5. The third-order valence-corrected chi connectivity index (χ3v) is 6.67. The summed E-state index contributed by atoms with van der Waals surface area (Å²) in [5, 5.41) is 3.83. The predicted molar refractivity (Wildman–Crippen MR) is 124 cm³/mol. The fourth-order valence-corrected chi connectivity index (χ4v) is 4.79. The maximum absolute atomic E-state index is 13.1. The van der Waals surface area contributed by atoms with Gasteiger partial charge in [0.25, 0.3) is 0 Å². The van der Waals surface area contributed by atoms with Crippen molar-refractivity contribution in [1.82, 2.24) is 10.2 Å². The lowest BCUT2D eigenvalue weighted by molar-refractivity contribution is -0.138. The zero-order chi connectivity index (χ0) is 21.3. The molecule has 1 fully saturated rings. The van der Waals surface area contributed by atoms with Crippen LogP contribution in [0.1, 0.15) is 43.7 Å². The summed E-state index contributed by atoms with van der Waals surface area (Å²) in [6.45, 7) is 2.25. The second kappa shape index (κ2) is 11.4. The van der Waals surface area contributed by atoms with Crippen LogP contribution < -0.4 is 5.32 Å². The van der Waals surface area contributed by atoms with Gasteiger partial charge >= 0.3 is 0 Å². The van der Waals surface area contributed by atoms with E-state index in [2.05, 4.69) is 5.32 Å². The molecule has 0 aromatic heterocycles. The summed E-state index contributed by atoms with van der Waals surface area (Å²) in [4.78, 5) is 27.6. The lowest BCUT2D eigenvalue weighted by atomic mass is 10.1. The van der Waals surface area contributed by atoms with Crippen molar-refractivity contribution in [2.24, 2.45) is 0 Å². The molecule has 0 radical (unpaired) electrons. The van der Waals surface area contributed by atoms with Crippen molar-refractivity contribution in [3.05, 3.63) is 70.7 Å². The first kappa shape index (κ1) is 22.7. The number of nitrogens with zero attached hydrogens (tertiary/aromatic N) is 1. The first-order valence-electron chi connectivity index (χ1n) is 10.5. The molecule has 160 valence electrons. The number of thioether (sulfide) groups is 1. The summed E-state index contributed by atoms with van der Waals surface area (Å²) in [5.74, 6) is 0.931. The smallest absolute Gasteiger partial charge is 0.242 e. The molecule has 2 aromatic carbocycles. The number of carbonyl (C=O) groups excluding carboxylic acids is 2. The van der Waals surface area contributed by atoms with E-state index in [4.69, 9.17) is 11.6 Å².